The van der Waals surface area contributed by atoms with Gasteiger partial charge in [-0.2, -0.15) is 0 Å². The van der Waals surface area contributed by atoms with Crippen molar-refractivity contribution in [1.82, 2.24) is 4.90 Å². The predicted octanol–water partition coefficient (Wildman–Crippen LogP) is 1.86. The van der Waals surface area contributed by atoms with Crippen LogP contribution in [0.2, 0.25) is 0 Å². The van der Waals surface area contributed by atoms with Crippen molar-refractivity contribution < 1.29 is 4.92 Å². The predicted molar refractivity (Wildman–Crippen MR) is 48.3 cm³/mol. The number of rotatable bonds is 4. The van der Waals surface area contributed by atoms with Crippen molar-refractivity contribution in [3.8, 4) is 0 Å². The third-order valence-electron chi connectivity index (χ3n) is 1.60. The van der Waals surface area contributed by atoms with Crippen molar-refractivity contribution in [1.29, 1.82) is 0 Å². The summed E-state index contributed by atoms with van der Waals surface area (Å²) < 4.78 is 0. The molecule has 0 radical (unpaired) electrons. The molecule has 0 amide bonds. The Labute approximate surface area is 73.0 Å². The molecule has 0 aromatic heterocycles. The van der Waals surface area contributed by atoms with Gasteiger partial charge in [0.15, 0.2) is 0 Å². The quantitative estimate of drug-likeness (QED) is 0.480. The zero-order chi connectivity index (χ0) is 9.72. The van der Waals surface area contributed by atoms with Crippen LogP contribution in [0.3, 0.4) is 0 Å². The minimum atomic E-state index is -0.328. The normalized spacial score (nSPS) is 12.3. The minimum Gasteiger partial charge on any atom is -0.358 e. The Balaban J connectivity index is 4.68. The van der Waals surface area contributed by atoms with Gasteiger partial charge in [0.05, 0.1) is 14.1 Å². The SMILES string of the molecule is CCC/C(C)=C(/N(C)C)[N+](=O)[O-]. The van der Waals surface area contributed by atoms with Gasteiger partial charge < -0.3 is 10.1 Å². The Bertz CT molecular complexity index is 197. The van der Waals surface area contributed by atoms with E-state index in [9.17, 15) is 10.1 Å². The first-order valence-electron chi connectivity index (χ1n) is 4.02. The average molecular weight is 172 g/mol. The number of nitro groups is 1. The molecule has 12 heavy (non-hydrogen) atoms. The largest absolute Gasteiger partial charge is 0.358 e. The maximum absolute atomic E-state index is 10.6. The molecule has 70 valence electrons. The zero-order valence-electron chi connectivity index (χ0n) is 8.13. The molecule has 0 N–H and O–H groups in total. The number of hydrogen-bond donors (Lipinski definition) is 0. The molecule has 0 fully saturated rings. The van der Waals surface area contributed by atoms with Gasteiger partial charge in [-0.05, 0) is 18.3 Å². The van der Waals surface area contributed by atoms with E-state index in [0.717, 1.165) is 18.4 Å². The van der Waals surface area contributed by atoms with Gasteiger partial charge in [0, 0.05) is 5.57 Å². The van der Waals surface area contributed by atoms with Crippen LogP contribution in [0.25, 0.3) is 0 Å². The first kappa shape index (κ1) is 10.9. The molecule has 0 saturated heterocycles. The molecule has 0 aliphatic rings. The molecule has 0 heterocycles. The third-order valence-corrected chi connectivity index (χ3v) is 1.60. The topological polar surface area (TPSA) is 46.4 Å². The highest BCUT2D eigenvalue weighted by Crippen LogP contribution is 2.12. The molecule has 0 unspecified atom stereocenters. The van der Waals surface area contributed by atoms with Crippen LogP contribution in [0, 0.1) is 10.1 Å². The Hall–Kier alpha value is -1.06. The Kier molecular flexibility index (Phi) is 4.33. The number of allylic oxidation sites excluding steroid dienone is 1. The van der Waals surface area contributed by atoms with E-state index in [1.54, 1.807) is 19.0 Å². The van der Waals surface area contributed by atoms with Crippen LogP contribution in [-0.2, 0) is 0 Å². The van der Waals surface area contributed by atoms with Crippen molar-refractivity contribution >= 4 is 0 Å². The summed E-state index contributed by atoms with van der Waals surface area (Å²) in [4.78, 5) is 11.8. The van der Waals surface area contributed by atoms with Crippen molar-refractivity contribution in [3.63, 3.8) is 0 Å². The summed E-state index contributed by atoms with van der Waals surface area (Å²) in [7, 11) is 3.38. The Morgan fingerprint density at radius 3 is 2.25 bits per heavy atom. The summed E-state index contributed by atoms with van der Waals surface area (Å²) in [5.74, 6) is 0.219. The standard InChI is InChI=1S/C8H16N2O2/c1-5-6-7(2)8(9(3)4)10(11)12/h5-6H2,1-4H3/b8-7-. The average Bonchev–Trinajstić information content (AvgIpc) is 1.85. The van der Waals surface area contributed by atoms with E-state index in [1.165, 1.54) is 0 Å². The highest BCUT2D eigenvalue weighted by molar-refractivity contribution is 5.02. The van der Waals surface area contributed by atoms with Gasteiger partial charge in [-0.25, -0.2) is 0 Å². The molecule has 0 aromatic rings. The Morgan fingerprint density at radius 2 is 2.00 bits per heavy atom. The van der Waals surface area contributed by atoms with Crippen molar-refractivity contribution in [2.45, 2.75) is 26.7 Å². The van der Waals surface area contributed by atoms with Crippen LogP contribution in [0.5, 0.6) is 0 Å². The summed E-state index contributed by atoms with van der Waals surface area (Å²) in [6.07, 6.45) is 1.73. The maximum Gasteiger partial charge on any atom is 0.316 e. The van der Waals surface area contributed by atoms with E-state index in [0.29, 0.717) is 0 Å². The second kappa shape index (κ2) is 4.74. The minimum absolute atomic E-state index is 0.219. The van der Waals surface area contributed by atoms with Crippen LogP contribution in [-0.4, -0.2) is 23.9 Å². The van der Waals surface area contributed by atoms with E-state index in [-0.39, 0.29) is 10.7 Å². The van der Waals surface area contributed by atoms with Crippen LogP contribution in [0.4, 0.5) is 0 Å². The molecule has 4 nitrogen and oxygen atoms in total. The van der Waals surface area contributed by atoms with Gasteiger partial charge in [-0.3, -0.25) is 4.90 Å². The van der Waals surface area contributed by atoms with E-state index in [1.807, 2.05) is 13.8 Å². The summed E-state index contributed by atoms with van der Waals surface area (Å²) in [6.45, 7) is 3.82. The van der Waals surface area contributed by atoms with E-state index >= 15 is 0 Å². The monoisotopic (exact) mass is 172 g/mol. The number of nitrogens with zero attached hydrogens (tertiary/aromatic N) is 2. The van der Waals surface area contributed by atoms with Gasteiger partial charge in [-0.1, -0.05) is 13.3 Å². The summed E-state index contributed by atoms with van der Waals surface area (Å²) in [5, 5.41) is 10.6. The molecule has 0 saturated carbocycles. The van der Waals surface area contributed by atoms with Crippen molar-refractivity contribution in [3.05, 3.63) is 21.5 Å². The highest BCUT2D eigenvalue weighted by atomic mass is 16.6. The highest BCUT2D eigenvalue weighted by Gasteiger charge is 2.14. The molecule has 0 bridgehead atoms. The summed E-state index contributed by atoms with van der Waals surface area (Å²) >= 11 is 0. The maximum atomic E-state index is 10.6. The fourth-order valence-corrected chi connectivity index (χ4v) is 1.19. The second-order valence-corrected chi connectivity index (χ2v) is 3.01. The lowest BCUT2D eigenvalue weighted by atomic mass is 10.2. The van der Waals surface area contributed by atoms with Crippen LogP contribution in [0.1, 0.15) is 26.7 Å². The van der Waals surface area contributed by atoms with E-state index in [2.05, 4.69) is 0 Å². The summed E-state index contributed by atoms with van der Waals surface area (Å²) in [6, 6.07) is 0. The fourth-order valence-electron chi connectivity index (χ4n) is 1.19. The number of hydrogen-bond acceptors (Lipinski definition) is 3. The molecule has 0 aliphatic heterocycles. The zero-order valence-corrected chi connectivity index (χ0v) is 8.13. The molecule has 0 rings (SSSR count). The van der Waals surface area contributed by atoms with Crippen molar-refractivity contribution in [2.75, 3.05) is 14.1 Å². The van der Waals surface area contributed by atoms with Crippen molar-refractivity contribution in [2.24, 2.45) is 0 Å². The summed E-state index contributed by atoms with van der Waals surface area (Å²) in [5.41, 5.74) is 0.840. The van der Waals surface area contributed by atoms with Gasteiger partial charge in [-0.15, -0.1) is 0 Å². The van der Waals surface area contributed by atoms with Crippen LogP contribution >= 0.6 is 0 Å². The van der Waals surface area contributed by atoms with Gasteiger partial charge in [0.25, 0.3) is 0 Å². The molecule has 0 aromatic carbocycles. The molecule has 0 spiro atoms. The first-order chi connectivity index (χ1) is 5.50. The molecule has 0 aliphatic carbocycles. The lowest BCUT2D eigenvalue weighted by Crippen LogP contribution is -2.20. The van der Waals surface area contributed by atoms with E-state index in [4.69, 9.17) is 0 Å². The Morgan fingerprint density at radius 1 is 1.50 bits per heavy atom. The lowest BCUT2D eigenvalue weighted by Gasteiger charge is -2.11. The van der Waals surface area contributed by atoms with Crippen LogP contribution in [0.15, 0.2) is 11.4 Å². The van der Waals surface area contributed by atoms with Gasteiger partial charge in [0.2, 0.25) is 0 Å². The van der Waals surface area contributed by atoms with Gasteiger partial charge >= 0.3 is 5.82 Å². The molecular weight excluding hydrogens is 156 g/mol. The lowest BCUT2D eigenvalue weighted by molar-refractivity contribution is -0.445. The second-order valence-electron chi connectivity index (χ2n) is 3.01. The smallest absolute Gasteiger partial charge is 0.316 e. The van der Waals surface area contributed by atoms with E-state index < -0.39 is 0 Å². The third kappa shape index (κ3) is 2.90. The molecule has 0 atom stereocenters. The van der Waals surface area contributed by atoms with Gasteiger partial charge in [0.1, 0.15) is 0 Å². The van der Waals surface area contributed by atoms with Crippen LogP contribution < -0.4 is 0 Å². The molecule has 4 heteroatoms. The fraction of sp³-hybridized carbons (Fsp3) is 0.750. The molecular formula is C8H16N2O2. The first-order valence-corrected chi connectivity index (χ1v) is 4.02.